The summed E-state index contributed by atoms with van der Waals surface area (Å²) in [5.74, 6) is 0. The van der Waals surface area contributed by atoms with Gasteiger partial charge in [-0.25, -0.2) is 0 Å². The number of nitrogens with two attached hydrogens (primary N) is 1. The fraction of sp³-hybridized carbons (Fsp3) is 0.200. The highest BCUT2D eigenvalue weighted by Crippen LogP contribution is 2.27. The lowest BCUT2D eigenvalue weighted by molar-refractivity contribution is 0.490. The summed E-state index contributed by atoms with van der Waals surface area (Å²) in [6, 6.07) is 15.9. The Kier molecular flexibility index (Phi) is 4.10. The maximum atomic E-state index is 6.43. The topological polar surface area (TPSA) is 26.0 Å². The summed E-state index contributed by atoms with van der Waals surface area (Å²) in [7, 11) is 0. The van der Waals surface area contributed by atoms with Crippen molar-refractivity contribution in [3.05, 3.63) is 69.2 Å². The van der Waals surface area contributed by atoms with E-state index in [1.54, 1.807) is 0 Å². The van der Waals surface area contributed by atoms with E-state index in [0.29, 0.717) is 0 Å². The van der Waals surface area contributed by atoms with Gasteiger partial charge in [-0.3, -0.25) is 0 Å². The van der Waals surface area contributed by atoms with Gasteiger partial charge in [-0.15, -0.1) is 0 Å². The van der Waals surface area contributed by atoms with Gasteiger partial charge in [0.05, 0.1) is 0 Å². The van der Waals surface area contributed by atoms with Crippen LogP contribution in [-0.4, -0.2) is 0 Å². The predicted molar refractivity (Wildman–Crippen MR) is 80.8 cm³/mol. The molecule has 1 nitrogen and oxygen atoms in total. The van der Waals surface area contributed by atoms with Crippen LogP contribution in [-0.2, 0) is 12.0 Å². The molecule has 0 saturated carbocycles. The summed E-state index contributed by atoms with van der Waals surface area (Å²) in [6.07, 6.45) is 0.774. The van der Waals surface area contributed by atoms with Crippen molar-refractivity contribution in [1.82, 2.24) is 0 Å². The summed E-state index contributed by atoms with van der Waals surface area (Å²) < 4.78 is 1.09. The van der Waals surface area contributed by atoms with Gasteiger partial charge in [-0.05, 0) is 42.7 Å². The van der Waals surface area contributed by atoms with Crippen LogP contribution in [0.25, 0.3) is 0 Å². The fourth-order valence-corrected chi connectivity index (χ4v) is 2.52. The summed E-state index contributed by atoms with van der Waals surface area (Å²) in [5.41, 5.74) is 8.31. The molecular weight excluding hydrogens is 310 g/mol. The van der Waals surface area contributed by atoms with Gasteiger partial charge in [0.2, 0.25) is 0 Å². The van der Waals surface area contributed by atoms with Crippen molar-refractivity contribution in [2.45, 2.75) is 18.9 Å². The number of hydrogen-bond donors (Lipinski definition) is 1. The minimum absolute atomic E-state index is 0.408. The molecule has 0 aliphatic carbocycles. The molecule has 0 heterocycles. The van der Waals surface area contributed by atoms with E-state index in [9.17, 15) is 0 Å². The fourth-order valence-electron chi connectivity index (χ4n) is 1.97. The predicted octanol–water partition coefficient (Wildman–Crippen LogP) is 4.52. The van der Waals surface area contributed by atoms with E-state index < -0.39 is 5.54 Å². The lowest BCUT2D eigenvalue weighted by Crippen LogP contribution is -2.35. The second-order valence-electron chi connectivity index (χ2n) is 4.69. The third kappa shape index (κ3) is 3.14. The number of halogens is 2. The minimum Gasteiger partial charge on any atom is -0.321 e. The second-order valence-corrected chi connectivity index (χ2v) is 5.98. The Hall–Kier alpha value is -0.830. The van der Waals surface area contributed by atoms with Crippen LogP contribution in [0.4, 0.5) is 0 Å². The van der Waals surface area contributed by atoms with E-state index in [-0.39, 0.29) is 0 Å². The van der Waals surface area contributed by atoms with Crippen molar-refractivity contribution in [2.24, 2.45) is 5.73 Å². The molecule has 1 atom stereocenters. The molecule has 0 radical (unpaired) electrons. The minimum atomic E-state index is -0.408. The molecule has 0 aromatic heterocycles. The van der Waals surface area contributed by atoms with Crippen LogP contribution in [0.15, 0.2) is 53.0 Å². The molecule has 2 aromatic rings. The van der Waals surface area contributed by atoms with Crippen molar-refractivity contribution >= 4 is 27.5 Å². The van der Waals surface area contributed by atoms with Crippen molar-refractivity contribution in [3.8, 4) is 0 Å². The first-order valence-electron chi connectivity index (χ1n) is 5.77. The van der Waals surface area contributed by atoms with Crippen LogP contribution < -0.4 is 5.73 Å². The van der Waals surface area contributed by atoms with Gasteiger partial charge in [0.25, 0.3) is 0 Å². The maximum Gasteiger partial charge on any atom is 0.0422 e. The number of benzene rings is 2. The highest BCUT2D eigenvalue weighted by molar-refractivity contribution is 9.10. The first kappa shape index (κ1) is 13.6. The zero-order chi connectivity index (χ0) is 13.2. The Balaban J connectivity index is 2.27. The molecule has 0 fully saturated rings. The summed E-state index contributed by atoms with van der Waals surface area (Å²) in [5, 5.41) is 0.732. The number of hydrogen-bond acceptors (Lipinski definition) is 1. The summed E-state index contributed by atoms with van der Waals surface area (Å²) in [4.78, 5) is 0. The quantitative estimate of drug-likeness (QED) is 0.882. The van der Waals surface area contributed by atoms with Crippen LogP contribution in [0, 0.1) is 0 Å². The van der Waals surface area contributed by atoms with Crippen molar-refractivity contribution < 1.29 is 0 Å². The van der Waals surface area contributed by atoms with Crippen molar-refractivity contribution in [2.75, 3.05) is 0 Å². The molecule has 0 saturated heterocycles. The zero-order valence-corrected chi connectivity index (χ0v) is 12.5. The number of rotatable bonds is 3. The first-order valence-corrected chi connectivity index (χ1v) is 6.94. The van der Waals surface area contributed by atoms with Crippen LogP contribution in [0.1, 0.15) is 18.1 Å². The first-order chi connectivity index (χ1) is 8.49. The molecule has 3 heteroatoms. The Morgan fingerprint density at radius 1 is 1.11 bits per heavy atom. The molecule has 0 aliphatic heterocycles. The normalized spacial score (nSPS) is 14.2. The van der Waals surface area contributed by atoms with Crippen LogP contribution >= 0.6 is 27.5 Å². The van der Waals surface area contributed by atoms with E-state index in [4.69, 9.17) is 17.3 Å². The van der Waals surface area contributed by atoms with E-state index in [2.05, 4.69) is 22.0 Å². The van der Waals surface area contributed by atoms with Crippen LogP contribution in [0.2, 0.25) is 5.02 Å². The lowest BCUT2D eigenvalue weighted by Gasteiger charge is -2.26. The Labute approximate surface area is 121 Å². The average molecular weight is 325 g/mol. The van der Waals surface area contributed by atoms with Gasteiger partial charge in [0.15, 0.2) is 0 Å². The van der Waals surface area contributed by atoms with Gasteiger partial charge in [0, 0.05) is 15.0 Å². The average Bonchev–Trinajstić information content (AvgIpc) is 2.32. The maximum absolute atomic E-state index is 6.43. The summed E-state index contributed by atoms with van der Waals surface area (Å²) in [6.45, 7) is 2.04. The molecule has 2 rings (SSSR count). The Morgan fingerprint density at radius 2 is 1.72 bits per heavy atom. The van der Waals surface area contributed by atoms with E-state index in [1.165, 1.54) is 5.56 Å². The van der Waals surface area contributed by atoms with Crippen LogP contribution in [0.3, 0.4) is 0 Å². The third-order valence-corrected chi connectivity index (χ3v) is 4.04. The highest BCUT2D eigenvalue weighted by atomic mass is 79.9. The van der Waals surface area contributed by atoms with E-state index >= 15 is 0 Å². The summed E-state index contributed by atoms with van der Waals surface area (Å²) >= 11 is 9.46. The smallest absolute Gasteiger partial charge is 0.0422 e. The van der Waals surface area contributed by atoms with Gasteiger partial charge in [0.1, 0.15) is 0 Å². The lowest BCUT2D eigenvalue weighted by atomic mass is 9.87. The second kappa shape index (κ2) is 5.43. The molecule has 0 amide bonds. The van der Waals surface area contributed by atoms with E-state index in [1.807, 2.05) is 49.4 Å². The SMILES string of the molecule is CC(N)(Cc1ccccc1Br)c1ccc(Cl)cc1. The molecule has 1 unspecified atom stereocenters. The van der Waals surface area contributed by atoms with E-state index in [0.717, 1.165) is 21.5 Å². The molecule has 0 spiro atoms. The molecule has 18 heavy (non-hydrogen) atoms. The van der Waals surface area contributed by atoms with Crippen molar-refractivity contribution in [1.29, 1.82) is 0 Å². The molecule has 0 bridgehead atoms. The third-order valence-electron chi connectivity index (χ3n) is 3.02. The zero-order valence-electron chi connectivity index (χ0n) is 10.2. The molecule has 2 N–H and O–H groups in total. The van der Waals surface area contributed by atoms with Gasteiger partial charge in [-0.1, -0.05) is 57.9 Å². The molecule has 0 aliphatic rings. The monoisotopic (exact) mass is 323 g/mol. The van der Waals surface area contributed by atoms with Gasteiger partial charge < -0.3 is 5.73 Å². The largest absolute Gasteiger partial charge is 0.321 e. The molecule has 2 aromatic carbocycles. The van der Waals surface area contributed by atoms with Crippen LogP contribution in [0.5, 0.6) is 0 Å². The van der Waals surface area contributed by atoms with Gasteiger partial charge in [-0.2, -0.15) is 0 Å². The Morgan fingerprint density at radius 3 is 2.33 bits per heavy atom. The standard InChI is InChI=1S/C15H15BrClN/c1-15(18,12-6-8-13(17)9-7-12)10-11-4-2-3-5-14(11)16/h2-9H,10,18H2,1H3. The molecular formula is C15H15BrClN. The molecule has 94 valence electrons. The highest BCUT2D eigenvalue weighted by Gasteiger charge is 2.22. The Bertz CT molecular complexity index is 534. The van der Waals surface area contributed by atoms with Gasteiger partial charge >= 0.3 is 0 Å². The van der Waals surface area contributed by atoms with Crippen molar-refractivity contribution in [3.63, 3.8) is 0 Å².